The van der Waals surface area contributed by atoms with Crippen molar-refractivity contribution in [3.8, 4) is 0 Å². The molecule has 0 saturated carbocycles. The molecule has 98 valence electrons. The van der Waals surface area contributed by atoms with Crippen molar-refractivity contribution in [1.82, 2.24) is 0 Å². The molecule has 0 aromatic heterocycles. The number of hydrogen-bond acceptors (Lipinski definition) is 5. The Morgan fingerprint density at radius 2 is 1.30 bits per heavy atom. The van der Waals surface area contributed by atoms with Gasteiger partial charge >= 0.3 is 0 Å². The van der Waals surface area contributed by atoms with Crippen LogP contribution in [-0.2, 0) is 10.8 Å². The van der Waals surface area contributed by atoms with Crippen LogP contribution in [0.2, 0.25) is 0 Å². The molecule has 0 unspecified atom stereocenters. The Kier molecular flexibility index (Phi) is 5.18. The molecule has 0 aliphatic rings. The average Bonchev–Trinajstić information content (AvgIpc) is 2.48. The normalized spacial score (nSPS) is 11.0. The number of hydrogen-bond donors (Lipinski definition) is 0. The lowest BCUT2D eigenvalue weighted by Gasteiger charge is -2.03. The van der Waals surface area contributed by atoms with Crippen LogP contribution in [0.1, 0.15) is 0 Å². The lowest BCUT2D eigenvalue weighted by molar-refractivity contribution is 0.683. The van der Waals surface area contributed by atoms with E-state index in [1.807, 2.05) is 0 Å². The van der Waals surface area contributed by atoms with E-state index in [0.29, 0.717) is 21.2 Å². The fraction of sp³-hybridized carbons (Fsp3) is 0. The molecule has 0 saturated heterocycles. The van der Waals surface area contributed by atoms with Crippen LogP contribution < -0.4 is 0 Å². The second-order valence-corrected chi connectivity index (χ2v) is 5.52. The largest absolute Gasteiger partial charge is 0.249 e. The van der Waals surface area contributed by atoms with Crippen molar-refractivity contribution < 1.29 is 4.21 Å². The monoisotopic (exact) mass is 316 g/mol. The van der Waals surface area contributed by atoms with Crippen LogP contribution in [0.15, 0.2) is 68.3 Å². The zero-order chi connectivity index (χ0) is 14.4. The number of nitrogens with zero attached hydrogens (tertiary/aromatic N) is 2. The van der Waals surface area contributed by atoms with E-state index in [9.17, 15) is 4.21 Å². The Hall–Kier alpha value is -1.81. The van der Waals surface area contributed by atoms with Gasteiger partial charge in [0, 0.05) is 9.79 Å². The van der Waals surface area contributed by atoms with E-state index in [2.05, 4.69) is 44.7 Å². The summed E-state index contributed by atoms with van der Waals surface area (Å²) < 4.78 is 12.5. The quantitative estimate of drug-likeness (QED) is 0.623. The maximum absolute atomic E-state index is 12.5. The molecule has 20 heavy (non-hydrogen) atoms. The minimum absolute atomic E-state index is 0.624. The summed E-state index contributed by atoms with van der Waals surface area (Å²) in [6.45, 7) is 0. The molecule has 3 nitrogen and oxygen atoms in total. The van der Waals surface area contributed by atoms with Crippen LogP contribution in [0.4, 0.5) is 11.4 Å². The Balaban J connectivity index is 2.40. The Morgan fingerprint density at radius 1 is 0.850 bits per heavy atom. The fourth-order valence-electron chi connectivity index (χ4n) is 1.58. The zero-order valence-corrected chi connectivity index (χ0v) is 12.6. The van der Waals surface area contributed by atoms with Crippen molar-refractivity contribution in [3.63, 3.8) is 0 Å². The van der Waals surface area contributed by atoms with E-state index < -0.39 is 10.8 Å². The highest BCUT2D eigenvalue weighted by Crippen LogP contribution is 2.23. The first-order chi connectivity index (χ1) is 9.74. The lowest BCUT2D eigenvalue weighted by atomic mass is 10.3. The minimum atomic E-state index is -1.32. The van der Waals surface area contributed by atoms with Gasteiger partial charge in [0.05, 0.1) is 32.5 Å². The van der Waals surface area contributed by atoms with Crippen LogP contribution in [-0.4, -0.2) is 14.5 Å². The predicted molar refractivity (Wildman–Crippen MR) is 86.9 cm³/mol. The third-order valence-corrected chi connectivity index (χ3v) is 3.96. The van der Waals surface area contributed by atoms with Gasteiger partial charge in [0.15, 0.2) is 0 Å². The molecule has 0 N–H and O–H groups in total. The highest BCUT2D eigenvalue weighted by atomic mass is 32.2. The molecule has 2 rings (SSSR count). The number of aliphatic imine (C=N–C) groups is 2. The number of thiocarbonyl (C=S) groups is 2. The summed E-state index contributed by atoms with van der Waals surface area (Å²) in [5, 5.41) is 4.58. The van der Waals surface area contributed by atoms with E-state index in [-0.39, 0.29) is 0 Å². The molecule has 2 aromatic carbocycles. The predicted octanol–water partition coefficient (Wildman–Crippen LogP) is 4.32. The Labute approximate surface area is 129 Å². The van der Waals surface area contributed by atoms with Gasteiger partial charge in [-0.15, -0.1) is 0 Å². The van der Waals surface area contributed by atoms with Gasteiger partial charge < -0.3 is 0 Å². The maximum atomic E-state index is 12.5. The van der Waals surface area contributed by atoms with Crippen LogP contribution in [0.25, 0.3) is 0 Å². The van der Waals surface area contributed by atoms with Gasteiger partial charge in [0.2, 0.25) is 0 Å². The molecule has 0 atom stereocenters. The summed E-state index contributed by atoms with van der Waals surface area (Å²) in [7, 11) is -1.32. The van der Waals surface area contributed by atoms with Gasteiger partial charge in [-0.1, -0.05) is 12.1 Å². The smallest absolute Gasteiger partial charge is 0.0851 e. The summed E-state index contributed by atoms with van der Waals surface area (Å²) in [5.74, 6) is 0. The first-order valence-electron chi connectivity index (χ1n) is 5.52. The summed E-state index contributed by atoms with van der Waals surface area (Å²) in [6.07, 6.45) is 0. The van der Waals surface area contributed by atoms with Crippen molar-refractivity contribution in [2.45, 2.75) is 9.79 Å². The summed E-state index contributed by atoms with van der Waals surface area (Å²) in [4.78, 5) is 9.03. The molecule has 0 bridgehead atoms. The Bertz CT molecular complexity index is 697. The van der Waals surface area contributed by atoms with E-state index in [1.54, 1.807) is 48.5 Å². The molecule has 0 radical (unpaired) electrons. The number of isothiocyanates is 2. The van der Waals surface area contributed by atoms with Crippen molar-refractivity contribution in [2.75, 3.05) is 0 Å². The van der Waals surface area contributed by atoms with Crippen LogP contribution in [0.3, 0.4) is 0 Å². The topological polar surface area (TPSA) is 41.8 Å². The lowest BCUT2D eigenvalue weighted by Crippen LogP contribution is -1.92. The molecule has 0 aliphatic heterocycles. The van der Waals surface area contributed by atoms with Gasteiger partial charge in [-0.05, 0) is 60.8 Å². The molecule has 0 spiro atoms. The van der Waals surface area contributed by atoms with E-state index in [4.69, 9.17) is 0 Å². The van der Waals surface area contributed by atoms with Gasteiger partial charge in [-0.3, -0.25) is 0 Å². The van der Waals surface area contributed by atoms with Crippen molar-refractivity contribution >= 4 is 56.9 Å². The van der Waals surface area contributed by atoms with Crippen molar-refractivity contribution in [3.05, 3.63) is 48.5 Å². The molecule has 0 amide bonds. The first-order valence-corrected chi connectivity index (χ1v) is 7.49. The van der Waals surface area contributed by atoms with Gasteiger partial charge in [-0.2, -0.15) is 9.98 Å². The van der Waals surface area contributed by atoms with Crippen LogP contribution in [0, 0.1) is 0 Å². The standard InChI is InChI=1S/C14H8N2OS3/c17-20(13-5-1-3-11(7-13)15-9-18)14-6-2-4-12(8-14)16-10-19/h1-8H. The number of benzene rings is 2. The van der Waals surface area contributed by atoms with Crippen LogP contribution >= 0.6 is 24.4 Å². The summed E-state index contributed by atoms with van der Waals surface area (Å²) in [5.41, 5.74) is 1.25. The second-order valence-electron chi connectivity index (χ2n) is 3.67. The molecule has 0 heterocycles. The molecule has 2 aromatic rings. The van der Waals surface area contributed by atoms with Crippen LogP contribution in [0.5, 0.6) is 0 Å². The van der Waals surface area contributed by atoms with E-state index in [1.165, 1.54) is 0 Å². The molecular weight excluding hydrogens is 308 g/mol. The van der Waals surface area contributed by atoms with E-state index >= 15 is 0 Å². The second kappa shape index (κ2) is 7.10. The van der Waals surface area contributed by atoms with Gasteiger partial charge in [0.25, 0.3) is 0 Å². The van der Waals surface area contributed by atoms with Gasteiger partial charge in [0.1, 0.15) is 0 Å². The zero-order valence-electron chi connectivity index (χ0n) is 10.1. The van der Waals surface area contributed by atoms with E-state index in [0.717, 1.165) is 0 Å². The average molecular weight is 316 g/mol. The van der Waals surface area contributed by atoms with Crippen molar-refractivity contribution in [1.29, 1.82) is 0 Å². The van der Waals surface area contributed by atoms with Gasteiger partial charge in [-0.25, -0.2) is 4.21 Å². The minimum Gasteiger partial charge on any atom is -0.249 e. The third kappa shape index (κ3) is 3.61. The highest BCUT2D eigenvalue weighted by Gasteiger charge is 2.08. The fourth-order valence-corrected chi connectivity index (χ4v) is 2.92. The first kappa shape index (κ1) is 14.6. The summed E-state index contributed by atoms with van der Waals surface area (Å²) >= 11 is 9.12. The molecule has 6 heteroatoms. The SMILES string of the molecule is O=S(c1cccc(N=C=S)c1)c1cccc(N=C=S)c1. The molecule has 0 fully saturated rings. The Morgan fingerprint density at radius 3 is 1.70 bits per heavy atom. The highest BCUT2D eigenvalue weighted by molar-refractivity contribution is 7.85. The maximum Gasteiger partial charge on any atom is 0.0851 e. The summed E-state index contributed by atoms with van der Waals surface area (Å²) in [6, 6.07) is 14.1. The molecule has 0 aliphatic carbocycles. The number of rotatable bonds is 4. The third-order valence-electron chi connectivity index (χ3n) is 2.41. The van der Waals surface area contributed by atoms with Crippen molar-refractivity contribution in [2.24, 2.45) is 9.98 Å². The molecular formula is C14H8N2OS3.